The second kappa shape index (κ2) is 8.64. The van der Waals surface area contributed by atoms with Crippen LogP contribution >= 0.6 is 0 Å². The lowest BCUT2D eigenvalue weighted by atomic mass is 9.46. The molecule has 5 aliphatic rings. The van der Waals surface area contributed by atoms with Crippen LogP contribution in [0, 0.1) is 38.7 Å². The Morgan fingerprint density at radius 1 is 1.24 bits per heavy atom. The van der Waals surface area contributed by atoms with Crippen molar-refractivity contribution in [3.05, 3.63) is 63.7 Å². The summed E-state index contributed by atoms with van der Waals surface area (Å²) < 4.78 is 12.9. The summed E-state index contributed by atoms with van der Waals surface area (Å²) in [5.74, 6) is -0.426. The van der Waals surface area contributed by atoms with Crippen LogP contribution in [0.5, 0.6) is 0 Å². The maximum Gasteiger partial charge on any atom is 0.269 e. The van der Waals surface area contributed by atoms with Crippen molar-refractivity contribution in [3.63, 3.8) is 0 Å². The molecule has 0 bridgehead atoms. The smallest absolute Gasteiger partial charge is 0.269 e. The molecule has 4 aliphatic carbocycles. The number of aliphatic hydroxyl groups excluding tert-OH is 2. The summed E-state index contributed by atoms with van der Waals surface area (Å²) in [6.45, 7) is 3.41. The third-order valence-corrected chi connectivity index (χ3v) is 10.4. The van der Waals surface area contributed by atoms with Gasteiger partial charge in [0.1, 0.15) is 6.61 Å². The van der Waals surface area contributed by atoms with Gasteiger partial charge in [-0.25, -0.2) is 0 Å². The van der Waals surface area contributed by atoms with Crippen molar-refractivity contribution in [1.82, 2.24) is 0 Å². The van der Waals surface area contributed by atoms with Gasteiger partial charge in [-0.15, -0.1) is 0 Å². The summed E-state index contributed by atoms with van der Waals surface area (Å²) in [4.78, 5) is 36.1. The molecule has 38 heavy (non-hydrogen) atoms. The van der Waals surface area contributed by atoms with Gasteiger partial charge >= 0.3 is 0 Å². The second-order valence-electron chi connectivity index (χ2n) is 12.1. The zero-order valence-corrected chi connectivity index (χ0v) is 21.5. The standard InChI is InChI=1S/C29H33NO8/c1-27-10-9-19(32)12-17(27)5-8-20-21-13-24-29(23(34)15-31,28(21,2)14-22(33)26(20)27)38-25(37-24)11-16-3-6-18(7-4-16)30(35)36/h3-4,6-7,9-10,12,20-22,24-26,31,33H,5,8,11,13-15H2,1-2H3. The molecule has 0 radical (unpaired) electrons. The van der Waals surface area contributed by atoms with Gasteiger partial charge in [0.05, 0.1) is 17.1 Å². The first kappa shape index (κ1) is 25.6. The number of non-ortho nitro benzene ring substituents is 1. The van der Waals surface area contributed by atoms with E-state index in [2.05, 4.69) is 6.92 Å². The molecule has 1 aliphatic heterocycles. The number of nitrogens with zero attached hydrogens (tertiary/aromatic N) is 1. The maximum absolute atomic E-state index is 13.5. The van der Waals surface area contributed by atoms with Crippen molar-refractivity contribution in [1.29, 1.82) is 0 Å². The molecule has 0 aromatic heterocycles. The molecular formula is C29H33NO8. The number of benzene rings is 1. The molecule has 202 valence electrons. The van der Waals surface area contributed by atoms with Crippen LogP contribution < -0.4 is 0 Å². The van der Waals surface area contributed by atoms with E-state index in [0.717, 1.165) is 24.0 Å². The highest BCUT2D eigenvalue weighted by Crippen LogP contribution is 2.69. The Labute approximate surface area is 220 Å². The molecule has 2 N–H and O–H groups in total. The third kappa shape index (κ3) is 3.38. The molecule has 9 atom stereocenters. The monoisotopic (exact) mass is 523 g/mol. The number of hydrogen-bond acceptors (Lipinski definition) is 8. The Morgan fingerprint density at radius 2 is 1.97 bits per heavy atom. The fraction of sp³-hybridized carbons (Fsp3) is 0.586. The summed E-state index contributed by atoms with van der Waals surface area (Å²) in [6.07, 6.45) is 5.95. The average molecular weight is 524 g/mol. The predicted molar refractivity (Wildman–Crippen MR) is 135 cm³/mol. The summed E-state index contributed by atoms with van der Waals surface area (Å²) in [5.41, 5.74) is -0.750. The zero-order chi connectivity index (χ0) is 27.0. The molecule has 9 heteroatoms. The second-order valence-corrected chi connectivity index (χ2v) is 12.1. The summed E-state index contributed by atoms with van der Waals surface area (Å²) >= 11 is 0. The van der Waals surface area contributed by atoms with Crippen molar-refractivity contribution in [2.45, 2.75) is 70.1 Å². The Balaban J connectivity index is 1.31. The minimum Gasteiger partial charge on any atom is -0.393 e. The summed E-state index contributed by atoms with van der Waals surface area (Å²) in [6, 6.07) is 6.15. The van der Waals surface area contributed by atoms with Crippen molar-refractivity contribution in [2.24, 2.45) is 28.6 Å². The van der Waals surface area contributed by atoms with Crippen LogP contribution in [0.4, 0.5) is 5.69 Å². The number of aliphatic hydroxyl groups is 2. The molecule has 1 aromatic carbocycles. The number of rotatable bonds is 5. The minimum absolute atomic E-state index is 0.0109. The lowest BCUT2D eigenvalue weighted by Gasteiger charge is -2.59. The number of ether oxygens (including phenoxy) is 2. The zero-order valence-electron chi connectivity index (χ0n) is 21.5. The normalized spacial score (nSPS) is 43.1. The fourth-order valence-corrected chi connectivity index (χ4v) is 8.80. The number of allylic oxidation sites excluding steroid dienone is 4. The first-order chi connectivity index (χ1) is 18.0. The highest BCUT2D eigenvalue weighted by atomic mass is 16.7. The van der Waals surface area contributed by atoms with E-state index >= 15 is 0 Å². The van der Waals surface area contributed by atoms with Crippen molar-refractivity contribution in [2.75, 3.05) is 6.61 Å². The quantitative estimate of drug-likeness (QED) is 0.444. The van der Waals surface area contributed by atoms with E-state index in [0.29, 0.717) is 19.3 Å². The van der Waals surface area contributed by atoms with Crippen LogP contribution in [-0.4, -0.2) is 57.4 Å². The SMILES string of the molecule is CC12C=CC(=O)C=C1CCC1C2C(O)CC2(C)C1CC1OC(Cc3ccc([N+](=O)[O-])cc3)OC12C(=O)CO. The van der Waals surface area contributed by atoms with Gasteiger partial charge in [0, 0.05) is 35.3 Å². The van der Waals surface area contributed by atoms with Gasteiger partial charge in [0.25, 0.3) is 5.69 Å². The largest absolute Gasteiger partial charge is 0.393 e. The molecule has 3 saturated carbocycles. The van der Waals surface area contributed by atoms with Crippen molar-refractivity contribution >= 4 is 17.3 Å². The van der Waals surface area contributed by atoms with E-state index in [1.165, 1.54) is 12.1 Å². The molecule has 1 saturated heterocycles. The van der Waals surface area contributed by atoms with E-state index in [-0.39, 0.29) is 29.2 Å². The van der Waals surface area contributed by atoms with Crippen LogP contribution in [0.15, 0.2) is 48.1 Å². The van der Waals surface area contributed by atoms with Gasteiger partial charge in [-0.05, 0) is 55.2 Å². The number of Topliss-reactive ketones (excluding diaryl/α,β-unsaturated/α-hetero) is 1. The molecule has 4 fully saturated rings. The molecule has 9 unspecified atom stereocenters. The molecule has 6 rings (SSSR count). The molecular weight excluding hydrogens is 490 g/mol. The topological polar surface area (TPSA) is 136 Å². The molecule has 1 heterocycles. The molecule has 1 aromatic rings. The molecule has 0 spiro atoms. The van der Waals surface area contributed by atoms with Crippen molar-refractivity contribution < 1.29 is 34.2 Å². The average Bonchev–Trinajstić information content (AvgIpc) is 3.36. The summed E-state index contributed by atoms with van der Waals surface area (Å²) in [5, 5.41) is 32.7. The van der Waals surface area contributed by atoms with Gasteiger partial charge in [0.2, 0.25) is 0 Å². The van der Waals surface area contributed by atoms with Gasteiger partial charge in [-0.2, -0.15) is 0 Å². The predicted octanol–water partition coefficient (Wildman–Crippen LogP) is 3.07. The van der Waals surface area contributed by atoms with E-state index < -0.39 is 52.2 Å². The fourth-order valence-electron chi connectivity index (χ4n) is 8.80. The van der Waals surface area contributed by atoms with Gasteiger partial charge in [0.15, 0.2) is 23.5 Å². The highest BCUT2D eigenvalue weighted by molar-refractivity contribution is 6.01. The van der Waals surface area contributed by atoms with Gasteiger partial charge < -0.3 is 19.7 Å². The lowest BCUT2D eigenvalue weighted by molar-refractivity contribution is -0.384. The van der Waals surface area contributed by atoms with E-state index in [4.69, 9.17) is 9.47 Å². The number of ketones is 2. The molecule has 9 nitrogen and oxygen atoms in total. The van der Waals surface area contributed by atoms with Crippen LogP contribution in [0.1, 0.15) is 45.1 Å². The number of carbonyl (C=O) groups is 2. The van der Waals surface area contributed by atoms with Crippen LogP contribution in [-0.2, 0) is 25.5 Å². The Kier molecular flexibility index (Phi) is 5.81. The van der Waals surface area contributed by atoms with Crippen molar-refractivity contribution in [3.8, 4) is 0 Å². The minimum atomic E-state index is -1.39. The Bertz CT molecular complexity index is 1260. The highest BCUT2D eigenvalue weighted by Gasteiger charge is 2.75. The Hall–Kier alpha value is -2.72. The van der Waals surface area contributed by atoms with E-state index in [9.17, 15) is 29.9 Å². The number of nitro groups is 1. The number of nitro benzene ring substituents is 1. The molecule has 0 amide bonds. The number of fused-ring (bicyclic) bond motifs is 7. The summed E-state index contributed by atoms with van der Waals surface area (Å²) in [7, 11) is 0. The van der Waals surface area contributed by atoms with Gasteiger partial charge in [-0.3, -0.25) is 19.7 Å². The third-order valence-electron chi connectivity index (χ3n) is 10.4. The number of hydrogen-bond donors (Lipinski definition) is 2. The Morgan fingerprint density at radius 3 is 2.66 bits per heavy atom. The van der Waals surface area contributed by atoms with Crippen LogP contribution in [0.25, 0.3) is 0 Å². The van der Waals surface area contributed by atoms with Crippen LogP contribution in [0.2, 0.25) is 0 Å². The van der Waals surface area contributed by atoms with Gasteiger partial charge in [-0.1, -0.05) is 37.6 Å². The first-order valence-corrected chi connectivity index (χ1v) is 13.4. The maximum atomic E-state index is 13.5. The first-order valence-electron chi connectivity index (χ1n) is 13.4. The number of carbonyl (C=O) groups excluding carboxylic acids is 2. The van der Waals surface area contributed by atoms with Crippen LogP contribution in [0.3, 0.4) is 0 Å². The lowest BCUT2D eigenvalue weighted by Crippen LogP contribution is -2.63. The van der Waals surface area contributed by atoms with E-state index in [1.54, 1.807) is 24.3 Å². The van der Waals surface area contributed by atoms with E-state index in [1.807, 2.05) is 13.0 Å².